The predicted octanol–water partition coefficient (Wildman–Crippen LogP) is 4.46. The first-order valence-electron chi connectivity index (χ1n) is 12.1. The molecule has 1 aliphatic heterocycles. The van der Waals surface area contributed by atoms with Crippen LogP contribution in [-0.2, 0) is 16.1 Å². The maximum Gasteiger partial charge on any atom is 0.229 e. The van der Waals surface area contributed by atoms with Gasteiger partial charge in [0.1, 0.15) is 0 Å². The summed E-state index contributed by atoms with van der Waals surface area (Å²) in [6, 6.07) is 13.9. The largest absolute Gasteiger partial charge is 0.493 e. The number of hydrogen-bond acceptors (Lipinski definition) is 5. The molecule has 1 aliphatic carbocycles. The van der Waals surface area contributed by atoms with Gasteiger partial charge in [-0.3, -0.25) is 14.5 Å². The van der Waals surface area contributed by atoms with Crippen LogP contribution >= 0.6 is 0 Å². The molecule has 1 saturated heterocycles. The fourth-order valence-electron chi connectivity index (χ4n) is 5.06. The van der Waals surface area contributed by atoms with Gasteiger partial charge in [-0.15, -0.1) is 0 Å². The van der Waals surface area contributed by atoms with Gasteiger partial charge < -0.3 is 19.7 Å². The number of benzene rings is 2. The molecule has 2 aromatic carbocycles. The van der Waals surface area contributed by atoms with Gasteiger partial charge in [-0.05, 0) is 43.7 Å². The number of carbonyl (C=O) groups is 2. The van der Waals surface area contributed by atoms with E-state index in [1.807, 2.05) is 24.3 Å². The monoisotopic (exact) mass is 465 g/mol. The molecular weight excluding hydrogens is 430 g/mol. The van der Waals surface area contributed by atoms with Crippen LogP contribution < -0.4 is 19.7 Å². The van der Waals surface area contributed by atoms with Crippen molar-refractivity contribution in [1.82, 2.24) is 4.90 Å². The molecule has 2 aliphatic rings. The molecule has 2 fully saturated rings. The number of rotatable bonds is 8. The molecule has 7 heteroatoms. The third-order valence-electron chi connectivity index (χ3n) is 7.07. The number of anilines is 2. The summed E-state index contributed by atoms with van der Waals surface area (Å²) in [5.74, 6) is 0.546. The number of hydrogen-bond donors (Lipinski definition) is 1. The molecule has 0 bridgehead atoms. The van der Waals surface area contributed by atoms with E-state index in [9.17, 15) is 9.59 Å². The number of para-hydroxylation sites is 1. The van der Waals surface area contributed by atoms with Gasteiger partial charge in [0.25, 0.3) is 0 Å². The highest BCUT2D eigenvalue weighted by molar-refractivity contribution is 6.03. The van der Waals surface area contributed by atoms with E-state index in [-0.39, 0.29) is 18.2 Å². The molecule has 1 N–H and O–H groups in total. The highest BCUT2D eigenvalue weighted by atomic mass is 16.5. The smallest absolute Gasteiger partial charge is 0.229 e. The van der Waals surface area contributed by atoms with Gasteiger partial charge in [0.2, 0.25) is 11.8 Å². The van der Waals surface area contributed by atoms with Crippen molar-refractivity contribution in [2.45, 2.75) is 51.1 Å². The van der Waals surface area contributed by atoms with Crippen LogP contribution in [0.5, 0.6) is 11.5 Å². The van der Waals surface area contributed by atoms with Gasteiger partial charge in [-0.2, -0.15) is 0 Å². The second kappa shape index (κ2) is 10.9. The van der Waals surface area contributed by atoms with Crippen molar-refractivity contribution in [3.05, 3.63) is 48.0 Å². The van der Waals surface area contributed by atoms with Crippen LogP contribution in [0.1, 0.15) is 44.1 Å². The van der Waals surface area contributed by atoms with Crippen LogP contribution in [0.4, 0.5) is 11.4 Å². The standard InChI is InChI=1S/C27H35N3O4/c1-29(21-10-5-4-6-11-21)17-19-9-7-8-12-23(19)28-27(32)20-15-26(31)30(18-20)22-13-14-24(33-2)25(16-22)34-3/h7-9,12-14,16,20-21H,4-6,10-11,15,17-18H2,1-3H3,(H,28,32). The molecule has 4 rings (SSSR count). The number of methoxy groups -OCH3 is 2. The van der Waals surface area contributed by atoms with Gasteiger partial charge in [-0.1, -0.05) is 37.5 Å². The molecule has 1 saturated carbocycles. The molecular formula is C27H35N3O4. The van der Waals surface area contributed by atoms with E-state index in [0.29, 0.717) is 29.8 Å². The lowest BCUT2D eigenvalue weighted by atomic mass is 9.94. The van der Waals surface area contributed by atoms with Gasteiger partial charge in [0.15, 0.2) is 11.5 Å². The molecule has 0 radical (unpaired) electrons. The maximum atomic E-state index is 13.2. The quantitative estimate of drug-likeness (QED) is 0.623. The van der Waals surface area contributed by atoms with Crippen molar-refractivity contribution in [3.8, 4) is 11.5 Å². The Morgan fingerprint density at radius 1 is 1.06 bits per heavy atom. The van der Waals surface area contributed by atoms with Crippen LogP contribution in [0.3, 0.4) is 0 Å². The van der Waals surface area contributed by atoms with Crippen LogP contribution in [0.2, 0.25) is 0 Å². The fourth-order valence-corrected chi connectivity index (χ4v) is 5.06. The first-order chi connectivity index (χ1) is 16.5. The molecule has 0 aromatic heterocycles. The van der Waals surface area contributed by atoms with E-state index in [1.165, 1.54) is 32.1 Å². The third kappa shape index (κ3) is 5.36. The topological polar surface area (TPSA) is 71.1 Å². The normalized spacial score (nSPS) is 18.9. The van der Waals surface area contributed by atoms with Gasteiger partial charge in [0, 0.05) is 43.0 Å². The molecule has 7 nitrogen and oxygen atoms in total. The van der Waals surface area contributed by atoms with E-state index in [2.05, 4.69) is 23.3 Å². The van der Waals surface area contributed by atoms with Crippen molar-refractivity contribution in [1.29, 1.82) is 0 Å². The summed E-state index contributed by atoms with van der Waals surface area (Å²) in [6.07, 6.45) is 6.57. The Labute approximate surface area is 202 Å². The lowest BCUT2D eigenvalue weighted by molar-refractivity contribution is -0.122. The van der Waals surface area contributed by atoms with E-state index in [0.717, 1.165) is 17.8 Å². The Morgan fingerprint density at radius 3 is 2.53 bits per heavy atom. The Bertz CT molecular complexity index is 1020. The third-order valence-corrected chi connectivity index (χ3v) is 7.07. The number of amides is 2. The molecule has 34 heavy (non-hydrogen) atoms. The fraction of sp³-hybridized carbons (Fsp3) is 0.481. The summed E-state index contributed by atoms with van der Waals surface area (Å²) in [5, 5.41) is 3.10. The van der Waals surface area contributed by atoms with Gasteiger partial charge in [0.05, 0.1) is 20.1 Å². The highest BCUT2D eigenvalue weighted by Crippen LogP contribution is 2.34. The Morgan fingerprint density at radius 2 is 1.79 bits per heavy atom. The zero-order valence-corrected chi connectivity index (χ0v) is 20.4. The molecule has 1 unspecified atom stereocenters. The minimum absolute atomic E-state index is 0.0716. The lowest BCUT2D eigenvalue weighted by Gasteiger charge is -2.31. The van der Waals surface area contributed by atoms with Gasteiger partial charge >= 0.3 is 0 Å². The SMILES string of the molecule is COc1ccc(N2CC(C(=O)Nc3ccccc3CN(C)C3CCCCC3)CC2=O)cc1OC. The zero-order valence-electron chi connectivity index (χ0n) is 20.4. The van der Waals surface area contributed by atoms with Crippen molar-refractivity contribution in [2.75, 3.05) is 38.0 Å². The highest BCUT2D eigenvalue weighted by Gasteiger charge is 2.35. The average Bonchev–Trinajstić information content (AvgIpc) is 3.27. The van der Waals surface area contributed by atoms with E-state index in [4.69, 9.17) is 9.47 Å². The van der Waals surface area contributed by atoms with E-state index >= 15 is 0 Å². The molecule has 1 heterocycles. The van der Waals surface area contributed by atoms with Crippen molar-refractivity contribution >= 4 is 23.2 Å². The molecule has 2 aromatic rings. The predicted molar refractivity (Wildman–Crippen MR) is 133 cm³/mol. The molecule has 0 spiro atoms. The summed E-state index contributed by atoms with van der Waals surface area (Å²) in [4.78, 5) is 30.0. The van der Waals surface area contributed by atoms with Crippen LogP contribution in [0.25, 0.3) is 0 Å². The van der Waals surface area contributed by atoms with Crippen LogP contribution in [-0.4, -0.2) is 50.6 Å². The van der Waals surface area contributed by atoms with Crippen molar-refractivity contribution < 1.29 is 19.1 Å². The Kier molecular flexibility index (Phi) is 7.73. The summed E-state index contributed by atoms with van der Waals surface area (Å²) < 4.78 is 10.7. The summed E-state index contributed by atoms with van der Waals surface area (Å²) >= 11 is 0. The first kappa shape index (κ1) is 24.1. The zero-order chi connectivity index (χ0) is 24.1. The number of ether oxygens (including phenoxy) is 2. The van der Waals surface area contributed by atoms with Crippen molar-refractivity contribution in [3.63, 3.8) is 0 Å². The average molecular weight is 466 g/mol. The first-order valence-corrected chi connectivity index (χ1v) is 12.1. The summed E-state index contributed by atoms with van der Waals surface area (Å²) in [6.45, 7) is 1.13. The summed E-state index contributed by atoms with van der Waals surface area (Å²) in [5.41, 5.74) is 2.63. The minimum Gasteiger partial charge on any atom is -0.493 e. The van der Waals surface area contributed by atoms with Crippen LogP contribution in [0.15, 0.2) is 42.5 Å². The van der Waals surface area contributed by atoms with Crippen molar-refractivity contribution in [2.24, 2.45) is 5.92 Å². The number of nitrogens with zero attached hydrogens (tertiary/aromatic N) is 2. The van der Waals surface area contributed by atoms with E-state index < -0.39 is 5.92 Å². The number of carbonyl (C=O) groups excluding carboxylic acids is 2. The molecule has 1 atom stereocenters. The number of nitrogens with one attached hydrogen (secondary N) is 1. The second-order valence-corrected chi connectivity index (χ2v) is 9.30. The molecule has 182 valence electrons. The molecule has 2 amide bonds. The van der Waals surface area contributed by atoms with Gasteiger partial charge in [-0.25, -0.2) is 0 Å². The van der Waals surface area contributed by atoms with Crippen LogP contribution in [0, 0.1) is 5.92 Å². The Balaban J connectivity index is 1.42. The minimum atomic E-state index is -0.412. The lowest BCUT2D eigenvalue weighted by Crippen LogP contribution is -2.33. The van der Waals surface area contributed by atoms with E-state index in [1.54, 1.807) is 31.3 Å². The summed E-state index contributed by atoms with van der Waals surface area (Å²) in [7, 11) is 5.31. The Hall–Kier alpha value is -3.06. The maximum absolute atomic E-state index is 13.2. The second-order valence-electron chi connectivity index (χ2n) is 9.30.